The lowest BCUT2D eigenvalue weighted by Gasteiger charge is -2.13. The van der Waals surface area contributed by atoms with Gasteiger partial charge in [-0.1, -0.05) is 36.5 Å². The number of thiocarbonyl (C=S) groups is 1. The van der Waals surface area contributed by atoms with E-state index in [-0.39, 0.29) is 10.9 Å². The van der Waals surface area contributed by atoms with E-state index in [4.69, 9.17) is 17.0 Å². The van der Waals surface area contributed by atoms with Crippen LogP contribution in [0.2, 0.25) is 0 Å². The van der Waals surface area contributed by atoms with Gasteiger partial charge in [-0.3, -0.25) is 4.79 Å². The maximum Gasteiger partial charge on any atom is 0.283 e. The van der Waals surface area contributed by atoms with E-state index in [1.165, 1.54) is 0 Å². The van der Waals surface area contributed by atoms with Gasteiger partial charge in [-0.05, 0) is 43.2 Å². The zero-order chi connectivity index (χ0) is 16.1. The Bertz CT molecular complexity index is 714. The Morgan fingerprint density at radius 3 is 2.41 bits per heavy atom. The van der Waals surface area contributed by atoms with Crippen LogP contribution in [0.1, 0.15) is 11.1 Å². The Morgan fingerprint density at radius 2 is 1.68 bits per heavy atom. The number of nitrogens with one attached hydrogen (secondary N) is 2. The molecule has 2 rings (SSSR count). The molecule has 2 aromatic rings. The Balaban J connectivity index is 2.10. The number of para-hydroxylation sites is 2. The number of rotatable bonds is 3. The van der Waals surface area contributed by atoms with Crippen LogP contribution in [0.5, 0.6) is 5.75 Å². The van der Waals surface area contributed by atoms with E-state index in [1.807, 2.05) is 44.2 Å². The van der Waals surface area contributed by atoms with E-state index < -0.39 is 0 Å². The average molecular weight is 314 g/mol. The van der Waals surface area contributed by atoms with Crippen LogP contribution in [0.15, 0.2) is 42.5 Å². The van der Waals surface area contributed by atoms with E-state index >= 15 is 0 Å². The van der Waals surface area contributed by atoms with Gasteiger partial charge in [-0.2, -0.15) is 0 Å². The molecule has 0 saturated carbocycles. The number of carbonyl (C=O) groups excluding carboxylic acids is 1. The molecule has 0 aliphatic carbocycles. The second-order valence-corrected chi connectivity index (χ2v) is 5.26. The smallest absolute Gasteiger partial charge is 0.283 e. The number of methoxy groups -OCH3 is 1. The largest absolute Gasteiger partial charge is 0.495 e. The van der Waals surface area contributed by atoms with E-state index in [1.54, 1.807) is 19.2 Å². The van der Waals surface area contributed by atoms with Gasteiger partial charge >= 0.3 is 0 Å². The molecule has 2 aromatic carbocycles. The molecule has 5 heteroatoms. The van der Waals surface area contributed by atoms with Crippen molar-refractivity contribution in [2.24, 2.45) is 0 Å². The molecule has 0 atom stereocenters. The topological polar surface area (TPSA) is 50.4 Å². The Labute approximate surface area is 135 Å². The third kappa shape index (κ3) is 3.62. The summed E-state index contributed by atoms with van der Waals surface area (Å²) in [5, 5.41) is 5.74. The number of ether oxygens (including phenoxy) is 1. The molecule has 1 amide bonds. The molecule has 0 radical (unpaired) electrons. The molecule has 0 heterocycles. The number of carbonyl (C=O) groups is 1. The Hall–Kier alpha value is -2.40. The molecule has 0 aliphatic rings. The van der Waals surface area contributed by atoms with E-state index in [9.17, 15) is 4.79 Å². The van der Waals surface area contributed by atoms with Crippen LogP contribution >= 0.6 is 12.2 Å². The zero-order valence-electron chi connectivity index (χ0n) is 12.8. The Morgan fingerprint density at radius 1 is 1.00 bits per heavy atom. The first-order valence-electron chi connectivity index (χ1n) is 6.84. The fraction of sp³-hybridized carbons (Fsp3) is 0.176. The van der Waals surface area contributed by atoms with Crippen LogP contribution in [0, 0.1) is 13.8 Å². The number of amides is 1. The third-order valence-corrected chi connectivity index (χ3v) is 3.70. The van der Waals surface area contributed by atoms with Crippen molar-refractivity contribution >= 4 is 34.5 Å². The lowest BCUT2D eigenvalue weighted by molar-refractivity contribution is -0.110. The first-order valence-corrected chi connectivity index (χ1v) is 7.25. The van der Waals surface area contributed by atoms with Gasteiger partial charge in [-0.25, -0.2) is 0 Å². The molecule has 0 fully saturated rings. The quantitative estimate of drug-likeness (QED) is 0.848. The summed E-state index contributed by atoms with van der Waals surface area (Å²) in [6, 6.07) is 13.0. The SMILES string of the molecule is COc1ccccc1NC(=S)C(=O)Nc1cccc(C)c1C. The minimum atomic E-state index is -0.352. The second kappa shape index (κ2) is 7.04. The van der Waals surface area contributed by atoms with Crippen LogP contribution in [-0.2, 0) is 4.79 Å². The maximum atomic E-state index is 12.2. The molecule has 0 aliphatic heterocycles. The first kappa shape index (κ1) is 16.0. The van der Waals surface area contributed by atoms with Crippen molar-refractivity contribution in [1.82, 2.24) is 0 Å². The van der Waals surface area contributed by atoms with Gasteiger partial charge in [0.2, 0.25) is 0 Å². The van der Waals surface area contributed by atoms with Gasteiger partial charge in [0.25, 0.3) is 5.91 Å². The highest BCUT2D eigenvalue weighted by molar-refractivity contribution is 7.82. The molecule has 114 valence electrons. The average Bonchev–Trinajstić information content (AvgIpc) is 2.52. The van der Waals surface area contributed by atoms with Crippen molar-refractivity contribution in [3.63, 3.8) is 0 Å². The third-order valence-electron chi connectivity index (χ3n) is 3.41. The van der Waals surface area contributed by atoms with E-state index in [0.29, 0.717) is 11.4 Å². The number of aryl methyl sites for hydroxylation is 1. The number of anilines is 2. The van der Waals surface area contributed by atoms with Crippen LogP contribution in [0.4, 0.5) is 11.4 Å². The molecule has 22 heavy (non-hydrogen) atoms. The van der Waals surface area contributed by atoms with Crippen molar-refractivity contribution in [3.8, 4) is 5.75 Å². The normalized spacial score (nSPS) is 9.95. The molecule has 2 N–H and O–H groups in total. The predicted molar refractivity (Wildman–Crippen MR) is 93.8 cm³/mol. The highest BCUT2D eigenvalue weighted by Gasteiger charge is 2.13. The van der Waals surface area contributed by atoms with Crippen molar-refractivity contribution in [3.05, 3.63) is 53.6 Å². The van der Waals surface area contributed by atoms with Gasteiger partial charge in [-0.15, -0.1) is 0 Å². The zero-order valence-corrected chi connectivity index (χ0v) is 13.6. The van der Waals surface area contributed by atoms with E-state index in [0.717, 1.165) is 16.8 Å². The van der Waals surface area contributed by atoms with Crippen LogP contribution < -0.4 is 15.4 Å². The minimum Gasteiger partial charge on any atom is -0.495 e. The van der Waals surface area contributed by atoms with Gasteiger partial charge in [0.15, 0.2) is 4.99 Å². The summed E-state index contributed by atoms with van der Waals surface area (Å²) in [5.74, 6) is 0.277. The molecule has 4 nitrogen and oxygen atoms in total. The fourth-order valence-electron chi connectivity index (χ4n) is 1.99. The van der Waals surface area contributed by atoms with Crippen LogP contribution in [0.3, 0.4) is 0 Å². The number of hydrogen-bond acceptors (Lipinski definition) is 3. The standard InChI is InChI=1S/C17H18N2O2S/c1-11-7-6-9-13(12(11)2)18-16(20)17(22)19-14-8-4-5-10-15(14)21-3/h4-10H,1-3H3,(H,18,20)(H,19,22). The van der Waals surface area contributed by atoms with Gasteiger partial charge in [0, 0.05) is 5.69 Å². The number of hydrogen-bond donors (Lipinski definition) is 2. The fourth-order valence-corrected chi connectivity index (χ4v) is 2.15. The summed E-state index contributed by atoms with van der Waals surface area (Å²) in [5.41, 5.74) is 3.55. The molecule has 0 bridgehead atoms. The summed E-state index contributed by atoms with van der Waals surface area (Å²) < 4.78 is 5.23. The molecule has 0 unspecified atom stereocenters. The van der Waals surface area contributed by atoms with Crippen molar-refractivity contribution in [2.45, 2.75) is 13.8 Å². The predicted octanol–water partition coefficient (Wildman–Crippen LogP) is 3.69. The molecule has 0 aromatic heterocycles. The highest BCUT2D eigenvalue weighted by Crippen LogP contribution is 2.23. The van der Waals surface area contributed by atoms with Crippen molar-refractivity contribution in [2.75, 3.05) is 17.7 Å². The monoisotopic (exact) mass is 314 g/mol. The lowest BCUT2D eigenvalue weighted by Crippen LogP contribution is -2.27. The van der Waals surface area contributed by atoms with E-state index in [2.05, 4.69) is 10.6 Å². The molecular weight excluding hydrogens is 296 g/mol. The summed E-state index contributed by atoms with van der Waals surface area (Å²) in [6.07, 6.45) is 0. The number of benzene rings is 2. The maximum absolute atomic E-state index is 12.2. The van der Waals surface area contributed by atoms with Gasteiger partial charge < -0.3 is 15.4 Å². The van der Waals surface area contributed by atoms with Crippen LogP contribution in [0.25, 0.3) is 0 Å². The molecule has 0 saturated heterocycles. The molecule has 0 spiro atoms. The van der Waals surface area contributed by atoms with Crippen LogP contribution in [-0.4, -0.2) is 18.0 Å². The molecular formula is C17H18N2O2S. The first-order chi connectivity index (χ1) is 10.5. The Kier molecular flexibility index (Phi) is 5.12. The van der Waals surface area contributed by atoms with Crippen molar-refractivity contribution in [1.29, 1.82) is 0 Å². The second-order valence-electron chi connectivity index (χ2n) is 4.86. The van der Waals surface area contributed by atoms with Gasteiger partial charge in [0.05, 0.1) is 12.8 Å². The summed E-state index contributed by atoms with van der Waals surface area (Å²) in [7, 11) is 1.57. The van der Waals surface area contributed by atoms with Gasteiger partial charge in [0.1, 0.15) is 5.75 Å². The summed E-state index contributed by atoms with van der Waals surface area (Å²) in [6.45, 7) is 3.96. The minimum absolute atomic E-state index is 0.0883. The highest BCUT2D eigenvalue weighted by atomic mass is 32.1. The summed E-state index contributed by atoms with van der Waals surface area (Å²) in [4.78, 5) is 12.3. The lowest BCUT2D eigenvalue weighted by atomic mass is 10.1. The van der Waals surface area contributed by atoms with Crippen molar-refractivity contribution < 1.29 is 9.53 Å². The summed E-state index contributed by atoms with van der Waals surface area (Å²) >= 11 is 5.16.